The van der Waals surface area contributed by atoms with Crippen molar-refractivity contribution in [3.05, 3.63) is 65.7 Å². The number of hydrogen-bond donors (Lipinski definition) is 2. The van der Waals surface area contributed by atoms with Gasteiger partial charge < -0.3 is 5.32 Å². The molecular formula is C20H20F3N3O2. The summed E-state index contributed by atoms with van der Waals surface area (Å²) in [5.74, 6) is -0.466. The summed E-state index contributed by atoms with van der Waals surface area (Å²) in [4.78, 5) is 26.0. The summed E-state index contributed by atoms with van der Waals surface area (Å²) in [6.07, 6.45) is -2.53. The molecule has 2 N–H and O–H groups in total. The van der Waals surface area contributed by atoms with Crippen LogP contribution in [0.1, 0.15) is 24.0 Å². The zero-order chi connectivity index (χ0) is 20.1. The predicted molar refractivity (Wildman–Crippen MR) is 98.5 cm³/mol. The van der Waals surface area contributed by atoms with Crippen LogP contribution in [0.2, 0.25) is 0 Å². The molecule has 0 radical (unpaired) electrons. The SMILES string of the molecule is O=C(CN(Cc1ccc(C(F)(F)F)cc1)C1CC1)NC(=O)Nc1ccccc1. The van der Waals surface area contributed by atoms with Crippen molar-refractivity contribution >= 4 is 17.6 Å². The van der Waals surface area contributed by atoms with E-state index in [1.807, 2.05) is 11.0 Å². The molecule has 28 heavy (non-hydrogen) atoms. The van der Waals surface area contributed by atoms with Gasteiger partial charge in [-0.25, -0.2) is 4.79 Å². The fraction of sp³-hybridized carbons (Fsp3) is 0.300. The minimum absolute atomic E-state index is 0.00605. The molecule has 1 saturated carbocycles. The molecule has 2 aromatic carbocycles. The Hall–Kier alpha value is -2.87. The Kier molecular flexibility index (Phi) is 5.99. The average molecular weight is 391 g/mol. The molecule has 0 atom stereocenters. The summed E-state index contributed by atoms with van der Waals surface area (Å²) in [6, 6.07) is 13.2. The number of para-hydroxylation sites is 1. The van der Waals surface area contributed by atoms with Gasteiger partial charge in [-0.05, 0) is 42.7 Å². The van der Waals surface area contributed by atoms with Gasteiger partial charge in [-0.15, -0.1) is 0 Å². The number of carbonyl (C=O) groups is 2. The number of nitrogens with one attached hydrogen (secondary N) is 2. The number of halogens is 3. The third kappa shape index (κ3) is 5.82. The summed E-state index contributed by atoms with van der Waals surface area (Å²) in [5.41, 5.74) is 0.544. The van der Waals surface area contributed by atoms with E-state index >= 15 is 0 Å². The van der Waals surface area contributed by atoms with Crippen LogP contribution in [0.15, 0.2) is 54.6 Å². The first kappa shape index (κ1) is 19.9. The van der Waals surface area contributed by atoms with Crippen LogP contribution in [0.5, 0.6) is 0 Å². The minimum atomic E-state index is -4.37. The van der Waals surface area contributed by atoms with Crippen molar-refractivity contribution in [1.82, 2.24) is 10.2 Å². The lowest BCUT2D eigenvalue weighted by Gasteiger charge is -2.21. The maximum Gasteiger partial charge on any atom is 0.416 e. The van der Waals surface area contributed by atoms with Gasteiger partial charge in [0.15, 0.2) is 0 Å². The van der Waals surface area contributed by atoms with Crippen LogP contribution in [0.4, 0.5) is 23.7 Å². The largest absolute Gasteiger partial charge is 0.416 e. The second-order valence-electron chi connectivity index (χ2n) is 6.70. The lowest BCUT2D eigenvalue weighted by atomic mass is 10.1. The van der Waals surface area contributed by atoms with E-state index in [2.05, 4.69) is 10.6 Å². The molecule has 0 saturated heterocycles. The van der Waals surface area contributed by atoms with Crippen LogP contribution >= 0.6 is 0 Å². The first-order valence-electron chi connectivity index (χ1n) is 8.87. The molecule has 3 amide bonds. The van der Waals surface area contributed by atoms with Crippen LogP contribution in [0.3, 0.4) is 0 Å². The highest BCUT2D eigenvalue weighted by Crippen LogP contribution is 2.31. The number of nitrogens with zero attached hydrogens (tertiary/aromatic N) is 1. The molecule has 2 aromatic rings. The van der Waals surface area contributed by atoms with Gasteiger partial charge in [-0.3, -0.25) is 15.0 Å². The maximum atomic E-state index is 12.7. The molecule has 0 bridgehead atoms. The molecule has 0 unspecified atom stereocenters. The number of imide groups is 1. The van der Waals surface area contributed by atoms with Gasteiger partial charge in [-0.2, -0.15) is 13.2 Å². The number of rotatable bonds is 6. The van der Waals surface area contributed by atoms with E-state index in [-0.39, 0.29) is 12.6 Å². The fourth-order valence-corrected chi connectivity index (χ4v) is 2.82. The number of amides is 3. The molecule has 148 valence electrons. The first-order chi connectivity index (χ1) is 13.3. The van der Waals surface area contributed by atoms with Crippen molar-refractivity contribution in [2.24, 2.45) is 0 Å². The van der Waals surface area contributed by atoms with Gasteiger partial charge in [-0.1, -0.05) is 30.3 Å². The van der Waals surface area contributed by atoms with Crippen molar-refractivity contribution in [2.75, 3.05) is 11.9 Å². The Morgan fingerprint density at radius 1 is 1.00 bits per heavy atom. The second kappa shape index (κ2) is 8.43. The van der Waals surface area contributed by atoms with Gasteiger partial charge in [0.05, 0.1) is 12.1 Å². The van der Waals surface area contributed by atoms with Crippen molar-refractivity contribution in [3.8, 4) is 0 Å². The monoisotopic (exact) mass is 391 g/mol. The Labute approximate surface area is 160 Å². The van der Waals surface area contributed by atoms with Crippen LogP contribution < -0.4 is 10.6 Å². The summed E-state index contributed by atoms with van der Waals surface area (Å²) in [5, 5.41) is 4.84. The predicted octanol–water partition coefficient (Wildman–Crippen LogP) is 4.02. The van der Waals surface area contributed by atoms with E-state index < -0.39 is 23.7 Å². The Bertz CT molecular complexity index is 819. The molecule has 0 aromatic heterocycles. The zero-order valence-corrected chi connectivity index (χ0v) is 15.0. The molecule has 5 nitrogen and oxygen atoms in total. The minimum Gasteiger partial charge on any atom is -0.308 e. The maximum absolute atomic E-state index is 12.7. The number of benzene rings is 2. The topological polar surface area (TPSA) is 61.4 Å². The summed E-state index contributed by atoms with van der Waals surface area (Å²) in [7, 11) is 0. The average Bonchev–Trinajstić information content (AvgIpc) is 3.46. The number of hydrogen-bond acceptors (Lipinski definition) is 3. The number of anilines is 1. The number of alkyl halides is 3. The molecule has 1 fully saturated rings. The van der Waals surface area contributed by atoms with E-state index in [4.69, 9.17) is 0 Å². The van der Waals surface area contributed by atoms with Crippen LogP contribution in [-0.4, -0.2) is 29.4 Å². The van der Waals surface area contributed by atoms with Gasteiger partial charge >= 0.3 is 12.2 Å². The van der Waals surface area contributed by atoms with E-state index in [1.54, 1.807) is 24.3 Å². The van der Waals surface area contributed by atoms with Crippen LogP contribution in [-0.2, 0) is 17.5 Å². The van der Waals surface area contributed by atoms with E-state index in [1.165, 1.54) is 12.1 Å². The van der Waals surface area contributed by atoms with E-state index in [0.717, 1.165) is 25.0 Å². The van der Waals surface area contributed by atoms with Gasteiger partial charge in [0.25, 0.3) is 0 Å². The van der Waals surface area contributed by atoms with Gasteiger partial charge in [0.2, 0.25) is 5.91 Å². The fourth-order valence-electron chi connectivity index (χ4n) is 2.82. The highest BCUT2D eigenvalue weighted by Gasteiger charge is 2.32. The number of carbonyl (C=O) groups excluding carboxylic acids is 2. The smallest absolute Gasteiger partial charge is 0.308 e. The number of urea groups is 1. The van der Waals surface area contributed by atoms with Crippen molar-refractivity contribution in [1.29, 1.82) is 0 Å². The molecule has 8 heteroatoms. The summed E-state index contributed by atoms with van der Waals surface area (Å²) >= 11 is 0. The highest BCUT2D eigenvalue weighted by atomic mass is 19.4. The van der Waals surface area contributed by atoms with Crippen LogP contribution in [0.25, 0.3) is 0 Å². The molecule has 0 spiro atoms. The van der Waals surface area contributed by atoms with Crippen molar-refractivity contribution in [2.45, 2.75) is 31.6 Å². The normalized spacial score (nSPS) is 14.0. The van der Waals surface area contributed by atoms with Crippen molar-refractivity contribution in [3.63, 3.8) is 0 Å². The highest BCUT2D eigenvalue weighted by molar-refractivity contribution is 6.01. The Balaban J connectivity index is 1.54. The van der Waals surface area contributed by atoms with Crippen LogP contribution in [0, 0.1) is 0 Å². The summed E-state index contributed by atoms with van der Waals surface area (Å²) < 4.78 is 38.0. The third-order valence-electron chi connectivity index (χ3n) is 4.36. The lowest BCUT2D eigenvalue weighted by molar-refractivity contribution is -0.137. The summed E-state index contributed by atoms with van der Waals surface area (Å²) in [6.45, 7) is 0.338. The molecule has 1 aliphatic carbocycles. The molecular weight excluding hydrogens is 371 g/mol. The second-order valence-corrected chi connectivity index (χ2v) is 6.70. The molecule has 0 heterocycles. The Morgan fingerprint density at radius 2 is 1.64 bits per heavy atom. The molecule has 3 rings (SSSR count). The quantitative estimate of drug-likeness (QED) is 0.782. The van der Waals surface area contributed by atoms with Gasteiger partial charge in [0.1, 0.15) is 0 Å². The molecule has 0 aliphatic heterocycles. The zero-order valence-electron chi connectivity index (χ0n) is 15.0. The first-order valence-corrected chi connectivity index (χ1v) is 8.87. The van der Waals surface area contributed by atoms with E-state index in [0.29, 0.717) is 17.8 Å². The van der Waals surface area contributed by atoms with Crippen molar-refractivity contribution < 1.29 is 22.8 Å². The molecule has 1 aliphatic rings. The standard InChI is InChI=1S/C20H20F3N3O2/c21-20(22,23)15-8-6-14(7-9-15)12-26(17-10-11-17)13-18(27)25-19(28)24-16-4-2-1-3-5-16/h1-9,17H,10-13H2,(H2,24,25,27,28). The van der Waals surface area contributed by atoms with E-state index in [9.17, 15) is 22.8 Å². The van der Waals surface area contributed by atoms with Gasteiger partial charge in [0, 0.05) is 18.3 Å². The Morgan fingerprint density at radius 3 is 2.21 bits per heavy atom. The lowest BCUT2D eigenvalue weighted by Crippen LogP contribution is -2.42. The third-order valence-corrected chi connectivity index (χ3v) is 4.36.